The van der Waals surface area contributed by atoms with E-state index in [-0.39, 0.29) is 0 Å². The van der Waals surface area contributed by atoms with E-state index in [1.807, 2.05) is 36.4 Å². The van der Waals surface area contributed by atoms with Gasteiger partial charge in [-0.2, -0.15) is 4.39 Å². The molecule has 18 heavy (non-hydrogen) atoms. The fourth-order valence-electron chi connectivity index (χ4n) is 2.00. The van der Waals surface area contributed by atoms with Crippen molar-refractivity contribution in [2.75, 3.05) is 0 Å². The van der Waals surface area contributed by atoms with Crippen molar-refractivity contribution in [1.82, 2.24) is 4.42 Å². The molecule has 3 rings (SSSR count). The van der Waals surface area contributed by atoms with E-state index in [9.17, 15) is 4.39 Å². The van der Waals surface area contributed by atoms with Crippen molar-refractivity contribution in [2.45, 2.75) is 6.17 Å². The van der Waals surface area contributed by atoms with Crippen molar-refractivity contribution < 1.29 is 4.39 Å². The molecule has 4 heteroatoms. The standard InChI is InChI=1S/C14H10ClFN2/c15-18-13(16)11-8-4-5-9-12(11)17-14(18)10-6-2-1-3-7-10/h1-9,14H. The molecule has 90 valence electrons. The van der Waals surface area contributed by atoms with E-state index in [1.54, 1.807) is 18.2 Å². The third kappa shape index (κ3) is 1.77. The summed E-state index contributed by atoms with van der Waals surface area (Å²) in [4.78, 5) is 4.48. The van der Waals surface area contributed by atoms with E-state index in [2.05, 4.69) is 4.99 Å². The summed E-state index contributed by atoms with van der Waals surface area (Å²) in [6.45, 7) is 0. The number of rotatable bonds is 1. The summed E-state index contributed by atoms with van der Waals surface area (Å²) < 4.78 is 15.2. The van der Waals surface area contributed by atoms with Gasteiger partial charge in [0.15, 0.2) is 6.17 Å². The average molecular weight is 261 g/mol. The van der Waals surface area contributed by atoms with Crippen LogP contribution in [0.5, 0.6) is 0 Å². The second kappa shape index (κ2) is 4.42. The molecule has 0 fully saturated rings. The van der Waals surface area contributed by atoms with Gasteiger partial charge in [0.1, 0.15) is 0 Å². The summed E-state index contributed by atoms with van der Waals surface area (Å²) in [7, 11) is 0. The number of fused-ring (bicyclic) bond motifs is 1. The minimum Gasteiger partial charge on any atom is -0.254 e. The maximum absolute atomic E-state index is 14.2. The summed E-state index contributed by atoms with van der Waals surface area (Å²) in [5.41, 5.74) is 0.858. The first-order chi connectivity index (χ1) is 8.77. The first kappa shape index (κ1) is 11.2. The Labute approximate surface area is 109 Å². The number of hydrogen-bond donors (Lipinski definition) is 0. The van der Waals surface area contributed by atoms with Gasteiger partial charge in [0, 0.05) is 11.8 Å². The summed E-state index contributed by atoms with van der Waals surface area (Å²) in [6, 6.07) is 16.5. The van der Waals surface area contributed by atoms with E-state index in [0.29, 0.717) is 10.6 Å². The molecule has 1 unspecified atom stereocenters. The summed E-state index contributed by atoms with van der Waals surface area (Å²) in [6.07, 6.45) is -0.525. The first-order valence-electron chi connectivity index (χ1n) is 5.60. The Morgan fingerprint density at radius 3 is 2.44 bits per heavy atom. The lowest BCUT2D eigenvalue weighted by atomic mass is 10.1. The van der Waals surface area contributed by atoms with Crippen molar-refractivity contribution in [3.05, 3.63) is 70.7 Å². The van der Waals surface area contributed by atoms with Crippen molar-refractivity contribution >= 4 is 17.7 Å². The predicted molar refractivity (Wildman–Crippen MR) is 68.6 cm³/mol. The van der Waals surface area contributed by atoms with Crippen LogP contribution in [-0.2, 0) is 0 Å². The molecular weight excluding hydrogens is 251 g/mol. The van der Waals surface area contributed by atoms with Crippen LogP contribution in [0.25, 0.3) is 5.95 Å². The number of nitrogens with zero attached hydrogens (tertiary/aromatic N) is 2. The van der Waals surface area contributed by atoms with Crippen LogP contribution < -0.4 is 10.6 Å². The molecule has 1 aliphatic heterocycles. The number of benzene rings is 2. The van der Waals surface area contributed by atoms with Gasteiger partial charge in [0.25, 0.3) is 0 Å². The molecule has 1 heterocycles. The Morgan fingerprint density at radius 2 is 1.67 bits per heavy atom. The van der Waals surface area contributed by atoms with Crippen LogP contribution in [0, 0.1) is 0 Å². The number of hydrogen-bond acceptors (Lipinski definition) is 2. The molecule has 0 aliphatic carbocycles. The molecule has 1 atom stereocenters. The van der Waals surface area contributed by atoms with Crippen LogP contribution in [0.15, 0.2) is 59.6 Å². The highest BCUT2D eigenvalue weighted by Crippen LogP contribution is 2.29. The molecule has 2 nitrogen and oxygen atoms in total. The minimum atomic E-state index is -0.525. The Hall–Kier alpha value is -1.87. The minimum absolute atomic E-state index is 0.430. The molecule has 0 spiro atoms. The van der Waals surface area contributed by atoms with Crippen LogP contribution in [0.3, 0.4) is 0 Å². The SMILES string of the molecule is FC1=c2ccccc2=NC(c2ccccc2)N1Cl. The maximum atomic E-state index is 14.2. The highest BCUT2D eigenvalue weighted by atomic mass is 35.5. The molecule has 0 bridgehead atoms. The maximum Gasteiger partial charge on any atom is 0.215 e. The Morgan fingerprint density at radius 1 is 1.00 bits per heavy atom. The largest absolute Gasteiger partial charge is 0.254 e. The first-order valence-corrected chi connectivity index (χ1v) is 5.94. The van der Waals surface area contributed by atoms with Crippen LogP contribution in [0.1, 0.15) is 11.7 Å². The van der Waals surface area contributed by atoms with E-state index in [4.69, 9.17) is 11.8 Å². The van der Waals surface area contributed by atoms with E-state index in [0.717, 1.165) is 9.98 Å². The highest BCUT2D eigenvalue weighted by molar-refractivity contribution is 6.16. The van der Waals surface area contributed by atoms with Crippen LogP contribution in [-0.4, -0.2) is 4.42 Å². The van der Waals surface area contributed by atoms with Gasteiger partial charge in [-0.3, -0.25) is 4.99 Å². The molecule has 0 saturated carbocycles. The van der Waals surface area contributed by atoms with E-state index < -0.39 is 12.1 Å². The van der Waals surface area contributed by atoms with Crippen molar-refractivity contribution in [1.29, 1.82) is 0 Å². The molecule has 0 N–H and O–H groups in total. The van der Waals surface area contributed by atoms with Crippen molar-refractivity contribution in [2.24, 2.45) is 4.99 Å². The van der Waals surface area contributed by atoms with Gasteiger partial charge in [-0.1, -0.05) is 42.5 Å². The fraction of sp³-hybridized carbons (Fsp3) is 0.0714. The second-order valence-electron chi connectivity index (χ2n) is 4.03. The Bertz CT molecular complexity index is 684. The molecule has 0 saturated heterocycles. The lowest BCUT2D eigenvalue weighted by Crippen LogP contribution is -2.37. The van der Waals surface area contributed by atoms with E-state index in [1.165, 1.54) is 0 Å². The molecule has 2 aromatic carbocycles. The quantitative estimate of drug-likeness (QED) is 0.568. The van der Waals surface area contributed by atoms with Gasteiger partial charge < -0.3 is 0 Å². The average Bonchev–Trinajstić information content (AvgIpc) is 2.44. The molecular formula is C14H10ClFN2. The highest BCUT2D eigenvalue weighted by Gasteiger charge is 2.24. The second-order valence-corrected chi connectivity index (χ2v) is 4.40. The van der Waals surface area contributed by atoms with Crippen LogP contribution in [0.4, 0.5) is 4.39 Å². The zero-order chi connectivity index (χ0) is 12.5. The van der Waals surface area contributed by atoms with Crippen LogP contribution in [0.2, 0.25) is 0 Å². The van der Waals surface area contributed by atoms with Crippen LogP contribution >= 0.6 is 11.8 Å². The smallest absolute Gasteiger partial charge is 0.215 e. The molecule has 1 aliphatic rings. The third-order valence-corrected chi connectivity index (χ3v) is 3.22. The van der Waals surface area contributed by atoms with E-state index >= 15 is 0 Å². The van der Waals surface area contributed by atoms with Gasteiger partial charge in [-0.15, -0.1) is 0 Å². The molecule has 0 amide bonds. The Balaban J connectivity index is 2.20. The van der Waals surface area contributed by atoms with Gasteiger partial charge in [0.05, 0.1) is 10.6 Å². The molecule has 0 aromatic heterocycles. The van der Waals surface area contributed by atoms with Gasteiger partial charge in [-0.25, -0.2) is 4.42 Å². The third-order valence-electron chi connectivity index (χ3n) is 2.89. The summed E-state index contributed by atoms with van der Waals surface area (Å²) in [5.74, 6) is -0.462. The zero-order valence-electron chi connectivity index (χ0n) is 9.42. The molecule has 2 aromatic rings. The molecule has 0 radical (unpaired) electrons. The lowest BCUT2D eigenvalue weighted by Gasteiger charge is -2.24. The normalized spacial score (nSPS) is 18.2. The summed E-state index contributed by atoms with van der Waals surface area (Å²) >= 11 is 6.02. The predicted octanol–water partition coefficient (Wildman–Crippen LogP) is 2.51. The zero-order valence-corrected chi connectivity index (χ0v) is 10.2. The van der Waals surface area contributed by atoms with Gasteiger partial charge in [-0.05, 0) is 17.7 Å². The van der Waals surface area contributed by atoms with Gasteiger partial charge in [0.2, 0.25) is 5.95 Å². The fourth-order valence-corrected chi connectivity index (χ4v) is 2.24. The van der Waals surface area contributed by atoms with Crippen molar-refractivity contribution in [3.8, 4) is 0 Å². The topological polar surface area (TPSA) is 15.6 Å². The van der Waals surface area contributed by atoms with Crippen molar-refractivity contribution in [3.63, 3.8) is 0 Å². The van der Waals surface area contributed by atoms with Gasteiger partial charge >= 0.3 is 0 Å². The lowest BCUT2D eigenvalue weighted by molar-refractivity contribution is 0.394. The summed E-state index contributed by atoms with van der Waals surface area (Å²) in [5, 5.41) is 1.06. The Kier molecular flexibility index (Phi) is 2.76. The number of halogens is 2. The monoisotopic (exact) mass is 260 g/mol. The number of para-hydroxylation sites is 1.